The van der Waals surface area contributed by atoms with E-state index >= 15 is 0 Å². The molecule has 1 aromatic carbocycles. The molecule has 0 aliphatic carbocycles. The van der Waals surface area contributed by atoms with E-state index in [1.54, 1.807) is 12.3 Å². The molecule has 0 amide bonds. The summed E-state index contributed by atoms with van der Waals surface area (Å²) < 4.78 is 41.3. The zero-order valence-electron chi connectivity index (χ0n) is 10.4. The van der Waals surface area contributed by atoms with Gasteiger partial charge in [0.15, 0.2) is 17.3 Å². The van der Waals surface area contributed by atoms with Gasteiger partial charge in [0, 0.05) is 18.3 Å². The van der Waals surface area contributed by atoms with Crippen LogP contribution in [-0.2, 0) is 0 Å². The molecule has 0 saturated carbocycles. The molecule has 2 aromatic heterocycles. The maximum absolute atomic E-state index is 13.8. The van der Waals surface area contributed by atoms with Gasteiger partial charge in [0.2, 0.25) is 5.95 Å². The molecule has 3 aromatic rings. The molecule has 20 heavy (non-hydrogen) atoms. The molecule has 0 saturated heterocycles. The van der Waals surface area contributed by atoms with Crippen LogP contribution in [0.25, 0.3) is 16.9 Å². The summed E-state index contributed by atoms with van der Waals surface area (Å²) >= 11 is 0. The van der Waals surface area contributed by atoms with Crippen LogP contribution in [0.1, 0.15) is 5.56 Å². The Morgan fingerprint density at radius 1 is 1.05 bits per heavy atom. The predicted octanol–water partition coefficient (Wildman–Crippen LogP) is 2.73. The second-order valence-electron chi connectivity index (χ2n) is 4.38. The van der Waals surface area contributed by atoms with E-state index in [1.165, 1.54) is 0 Å². The van der Waals surface area contributed by atoms with Crippen LogP contribution in [-0.4, -0.2) is 14.5 Å². The molecule has 2 N–H and O–H groups in total. The maximum atomic E-state index is 13.8. The highest BCUT2D eigenvalue weighted by Crippen LogP contribution is 2.25. The first-order chi connectivity index (χ1) is 9.47. The first kappa shape index (κ1) is 12.5. The van der Waals surface area contributed by atoms with E-state index in [2.05, 4.69) is 9.97 Å². The molecule has 0 aliphatic heterocycles. The predicted molar refractivity (Wildman–Crippen MR) is 67.9 cm³/mol. The lowest BCUT2D eigenvalue weighted by molar-refractivity contribution is 0.493. The van der Waals surface area contributed by atoms with Gasteiger partial charge >= 0.3 is 0 Å². The van der Waals surface area contributed by atoms with Gasteiger partial charge < -0.3 is 5.73 Å². The van der Waals surface area contributed by atoms with Gasteiger partial charge in [0.25, 0.3) is 0 Å². The summed E-state index contributed by atoms with van der Waals surface area (Å²) in [6.45, 7) is 1.82. The van der Waals surface area contributed by atoms with E-state index in [-0.39, 0.29) is 17.3 Å². The van der Waals surface area contributed by atoms with Crippen LogP contribution in [0, 0.1) is 24.4 Å². The molecule has 0 atom stereocenters. The SMILES string of the molecule is Cc1cnc2c(c1)nc(N)n2-c1cc(F)c(F)cc1F. The van der Waals surface area contributed by atoms with Crippen LogP contribution >= 0.6 is 0 Å². The summed E-state index contributed by atoms with van der Waals surface area (Å²) in [6.07, 6.45) is 1.55. The van der Waals surface area contributed by atoms with E-state index in [0.717, 1.165) is 16.2 Å². The molecule has 102 valence electrons. The van der Waals surface area contributed by atoms with Crippen molar-refractivity contribution in [1.82, 2.24) is 14.5 Å². The number of imidazole rings is 1. The highest BCUT2D eigenvalue weighted by Gasteiger charge is 2.17. The number of aryl methyl sites for hydroxylation is 1. The largest absolute Gasteiger partial charge is 0.369 e. The number of hydrogen-bond donors (Lipinski definition) is 1. The second kappa shape index (κ2) is 4.22. The number of nitrogen functional groups attached to an aromatic ring is 1. The van der Waals surface area contributed by atoms with Crippen molar-refractivity contribution in [1.29, 1.82) is 0 Å². The molecule has 3 rings (SSSR count). The van der Waals surface area contributed by atoms with E-state index in [9.17, 15) is 13.2 Å². The van der Waals surface area contributed by atoms with E-state index < -0.39 is 17.5 Å². The van der Waals surface area contributed by atoms with E-state index in [4.69, 9.17) is 5.73 Å². The number of nitrogens with zero attached hydrogens (tertiary/aromatic N) is 3. The number of fused-ring (bicyclic) bond motifs is 1. The van der Waals surface area contributed by atoms with Gasteiger partial charge in [-0.05, 0) is 18.6 Å². The Balaban J connectivity index is 2.35. The summed E-state index contributed by atoms with van der Waals surface area (Å²) in [5.41, 5.74) is 7.07. The number of pyridine rings is 1. The summed E-state index contributed by atoms with van der Waals surface area (Å²) in [7, 11) is 0. The third-order valence-corrected chi connectivity index (χ3v) is 2.89. The molecule has 0 spiro atoms. The van der Waals surface area contributed by atoms with Gasteiger partial charge in [0.1, 0.15) is 11.3 Å². The Morgan fingerprint density at radius 2 is 1.75 bits per heavy atom. The van der Waals surface area contributed by atoms with Gasteiger partial charge in [-0.2, -0.15) is 0 Å². The Kier molecular flexibility index (Phi) is 2.63. The van der Waals surface area contributed by atoms with Crippen molar-refractivity contribution in [2.75, 3.05) is 5.73 Å². The molecule has 0 fully saturated rings. The molecule has 7 heteroatoms. The van der Waals surface area contributed by atoms with Crippen molar-refractivity contribution in [2.45, 2.75) is 6.92 Å². The van der Waals surface area contributed by atoms with Gasteiger partial charge in [-0.3, -0.25) is 4.57 Å². The first-order valence-corrected chi connectivity index (χ1v) is 5.73. The standard InChI is InChI=1S/C13H9F3N4/c1-6-2-10-12(18-5-6)20(13(17)19-10)11-4-8(15)7(14)3-9(11)16/h2-5H,1H3,(H2,17,19). The summed E-state index contributed by atoms with van der Waals surface area (Å²) in [5, 5.41) is 0. The number of halogens is 3. The van der Waals surface area contributed by atoms with Crippen LogP contribution in [0.3, 0.4) is 0 Å². The number of hydrogen-bond acceptors (Lipinski definition) is 3. The molecular weight excluding hydrogens is 269 g/mol. The number of benzene rings is 1. The van der Waals surface area contributed by atoms with Crippen molar-refractivity contribution < 1.29 is 13.2 Å². The molecule has 0 aliphatic rings. The zero-order chi connectivity index (χ0) is 14.4. The van der Waals surface area contributed by atoms with Crippen molar-refractivity contribution in [3.05, 3.63) is 47.4 Å². The van der Waals surface area contributed by atoms with Gasteiger partial charge in [0.05, 0.1) is 5.69 Å². The molecule has 4 nitrogen and oxygen atoms in total. The van der Waals surface area contributed by atoms with Gasteiger partial charge in [-0.1, -0.05) is 0 Å². The number of aromatic nitrogens is 3. The van der Waals surface area contributed by atoms with Crippen molar-refractivity contribution >= 4 is 17.1 Å². The Hall–Kier alpha value is -2.57. The third kappa shape index (κ3) is 1.78. The average molecular weight is 278 g/mol. The van der Waals surface area contributed by atoms with Gasteiger partial charge in [-0.25, -0.2) is 23.1 Å². The Morgan fingerprint density at radius 3 is 2.50 bits per heavy atom. The van der Waals surface area contributed by atoms with Crippen LogP contribution in [0.2, 0.25) is 0 Å². The minimum atomic E-state index is -1.27. The lowest BCUT2D eigenvalue weighted by Gasteiger charge is -2.07. The Bertz CT molecular complexity index is 826. The quantitative estimate of drug-likeness (QED) is 0.696. The molecule has 0 bridgehead atoms. The van der Waals surface area contributed by atoms with Crippen molar-refractivity contribution in [3.63, 3.8) is 0 Å². The lowest BCUT2D eigenvalue weighted by atomic mass is 10.2. The fourth-order valence-electron chi connectivity index (χ4n) is 2.00. The fraction of sp³-hybridized carbons (Fsp3) is 0.0769. The summed E-state index contributed by atoms with van der Waals surface area (Å²) in [4.78, 5) is 8.15. The Labute approximate surface area is 111 Å². The van der Waals surface area contributed by atoms with Crippen molar-refractivity contribution in [3.8, 4) is 5.69 Å². The van der Waals surface area contributed by atoms with Crippen LogP contribution in [0.5, 0.6) is 0 Å². The highest BCUT2D eigenvalue weighted by molar-refractivity contribution is 5.77. The van der Waals surface area contributed by atoms with Crippen molar-refractivity contribution in [2.24, 2.45) is 0 Å². The lowest BCUT2D eigenvalue weighted by Crippen LogP contribution is -2.05. The normalized spacial score (nSPS) is 11.2. The highest BCUT2D eigenvalue weighted by atomic mass is 19.2. The smallest absolute Gasteiger partial charge is 0.207 e. The molecular formula is C13H9F3N4. The monoisotopic (exact) mass is 278 g/mol. The first-order valence-electron chi connectivity index (χ1n) is 5.73. The van der Waals surface area contributed by atoms with E-state index in [0.29, 0.717) is 11.6 Å². The van der Waals surface area contributed by atoms with Gasteiger partial charge in [-0.15, -0.1) is 0 Å². The van der Waals surface area contributed by atoms with Crippen LogP contribution < -0.4 is 5.73 Å². The number of anilines is 1. The second-order valence-corrected chi connectivity index (χ2v) is 4.38. The van der Waals surface area contributed by atoms with Crippen LogP contribution in [0.15, 0.2) is 24.4 Å². The summed E-state index contributed by atoms with van der Waals surface area (Å²) in [6, 6.07) is 2.90. The minimum absolute atomic E-state index is 0.0528. The number of nitrogens with two attached hydrogens (primary N) is 1. The third-order valence-electron chi connectivity index (χ3n) is 2.89. The zero-order valence-corrected chi connectivity index (χ0v) is 10.4. The maximum Gasteiger partial charge on any atom is 0.207 e. The van der Waals surface area contributed by atoms with E-state index in [1.807, 2.05) is 6.92 Å². The molecule has 2 heterocycles. The average Bonchev–Trinajstić information content (AvgIpc) is 2.69. The molecule has 0 unspecified atom stereocenters. The fourth-order valence-corrected chi connectivity index (χ4v) is 2.00. The molecule has 0 radical (unpaired) electrons. The summed E-state index contributed by atoms with van der Waals surface area (Å²) in [5.74, 6) is -3.44. The number of rotatable bonds is 1. The minimum Gasteiger partial charge on any atom is -0.369 e. The van der Waals surface area contributed by atoms with Crippen LogP contribution in [0.4, 0.5) is 19.1 Å². The topological polar surface area (TPSA) is 56.7 Å².